The number of rotatable bonds is 4. The molecule has 1 aliphatic rings. The summed E-state index contributed by atoms with van der Waals surface area (Å²) in [5.41, 5.74) is 5.32. The third-order valence-corrected chi connectivity index (χ3v) is 10.1. The molecule has 0 N–H and O–H groups in total. The number of anilines is 2. The molecule has 1 aromatic heterocycles. The number of benzene rings is 4. The van der Waals surface area contributed by atoms with Gasteiger partial charge in [-0.15, -0.1) is 5.10 Å². The second-order valence-electron chi connectivity index (χ2n) is 10.1. The summed E-state index contributed by atoms with van der Waals surface area (Å²) in [5, 5.41) is 4.95. The fourth-order valence-corrected chi connectivity index (χ4v) is 6.74. The lowest BCUT2D eigenvalue weighted by atomic mass is 10.1. The molecule has 0 bridgehead atoms. The number of para-hydroxylation sites is 2. The molecule has 1 aliphatic heterocycles. The van der Waals surface area contributed by atoms with Gasteiger partial charge in [0.05, 0.1) is 11.4 Å². The molecule has 0 radical (unpaired) electrons. The van der Waals surface area contributed by atoms with Crippen molar-refractivity contribution in [3.63, 3.8) is 0 Å². The molecule has 0 unspecified atom stereocenters. The van der Waals surface area contributed by atoms with Gasteiger partial charge in [0.2, 0.25) is 0 Å². The lowest BCUT2D eigenvalue weighted by Crippen LogP contribution is -2.19. The lowest BCUT2D eigenvalue weighted by molar-refractivity contribution is 0.890. The fourth-order valence-electron chi connectivity index (χ4n) is 4.92. The fraction of sp³-hybridized carbons (Fsp3) is 0.0857. The van der Waals surface area contributed by atoms with Crippen molar-refractivity contribution >= 4 is 21.4 Å². The van der Waals surface area contributed by atoms with E-state index in [-0.39, 0.29) is 0 Å². The van der Waals surface area contributed by atoms with Crippen LogP contribution in [0, 0.1) is 0 Å². The third-order valence-electron chi connectivity index (χ3n) is 7.26. The molecule has 198 valence electrons. The molecular formula is C35H32N4S. The SMILES string of the molecule is C=C1/C=C\C=C/CN(c2ccc(-c3nc(-c4ccccc4)n(-c4ccccc4)n3)cc2)c2ccccc2S1(C)C. The van der Waals surface area contributed by atoms with E-state index in [1.54, 1.807) is 0 Å². The Morgan fingerprint density at radius 3 is 2.12 bits per heavy atom. The minimum Gasteiger partial charge on any atom is -0.337 e. The molecule has 0 saturated carbocycles. The molecule has 0 aliphatic carbocycles. The summed E-state index contributed by atoms with van der Waals surface area (Å²) in [6, 6.07) is 37.7. The molecule has 5 heteroatoms. The zero-order valence-electron chi connectivity index (χ0n) is 22.8. The van der Waals surface area contributed by atoms with Crippen molar-refractivity contribution < 1.29 is 0 Å². The molecule has 0 saturated heterocycles. The molecular weight excluding hydrogens is 508 g/mol. The Morgan fingerprint density at radius 1 is 0.700 bits per heavy atom. The van der Waals surface area contributed by atoms with E-state index in [1.807, 2.05) is 41.1 Å². The second kappa shape index (κ2) is 10.9. The molecule has 2 heterocycles. The highest BCUT2D eigenvalue weighted by molar-refractivity contribution is 8.36. The summed E-state index contributed by atoms with van der Waals surface area (Å²) in [4.78, 5) is 9.87. The van der Waals surface area contributed by atoms with Gasteiger partial charge in [0.25, 0.3) is 0 Å². The van der Waals surface area contributed by atoms with Crippen LogP contribution in [0.25, 0.3) is 28.5 Å². The number of fused-ring (bicyclic) bond motifs is 1. The van der Waals surface area contributed by atoms with Crippen LogP contribution in [0.1, 0.15) is 0 Å². The predicted octanol–water partition coefficient (Wildman–Crippen LogP) is 8.80. The first kappa shape index (κ1) is 25.7. The molecule has 5 aromatic rings. The first-order chi connectivity index (χ1) is 19.5. The van der Waals surface area contributed by atoms with Crippen LogP contribution in [0.2, 0.25) is 0 Å². The van der Waals surface area contributed by atoms with Crippen molar-refractivity contribution in [2.75, 3.05) is 24.0 Å². The van der Waals surface area contributed by atoms with E-state index >= 15 is 0 Å². The lowest BCUT2D eigenvalue weighted by Gasteiger charge is -2.38. The first-order valence-electron chi connectivity index (χ1n) is 13.3. The number of nitrogens with zero attached hydrogens (tertiary/aromatic N) is 4. The standard InChI is InChI=1S/C35H32N4S/c1-27-15-7-6-14-26-38(32-20-12-13-21-33(32)40(27,2)3)30-24-22-28(23-25-30)34-36-35(29-16-8-4-9-17-29)39(37-34)31-18-10-5-11-19-31/h4-25H,1,26H2,2-3H3/b14-6-,15-7-. The third kappa shape index (κ3) is 4.92. The molecule has 0 fully saturated rings. The zero-order chi connectivity index (χ0) is 27.5. The molecule has 40 heavy (non-hydrogen) atoms. The molecule has 4 aromatic carbocycles. The van der Waals surface area contributed by atoms with Crippen LogP contribution in [-0.2, 0) is 0 Å². The number of aromatic nitrogens is 3. The summed E-state index contributed by atoms with van der Waals surface area (Å²) in [7, 11) is -1.25. The van der Waals surface area contributed by atoms with E-state index in [0.717, 1.165) is 39.8 Å². The van der Waals surface area contributed by atoms with Gasteiger partial charge in [-0.1, -0.05) is 91.5 Å². The molecule has 0 amide bonds. The van der Waals surface area contributed by atoms with Crippen LogP contribution < -0.4 is 4.90 Å². The van der Waals surface area contributed by atoms with Crippen LogP contribution in [0.15, 0.2) is 150 Å². The molecule has 6 rings (SSSR count). The number of allylic oxidation sites excluding steroid dienone is 3. The summed E-state index contributed by atoms with van der Waals surface area (Å²) in [5.74, 6) is 1.52. The van der Waals surface area contributed by atoms with E-state index in [0.29, 0.717) is 5.82 Å². The molecule has 0 spiro atoms. The van der Waals surface area contributed by atoms with Crippen molar-refractivity contribution in [2.24, 2.45) is 0 Å². The van der Waals surface area contributed by atoms with Crippen molar-refractivity contribution in [2.45, 2.75) is 4.90 Å². The largest absolute Gasteiger partial charge is 0.337 e. The Morgan fingerprint density at radius 2 is 1.38 bits per heavy atom. The van der Waals surface area contributed by atoms with Crippen molar-refractivity contribution in [3.8, 4) is 28.5 Å². The topological polar surface area (TPSA) is 34.0 Å². The van der Waals surface area contributed by atoms with Gasteiger partial charge in [-0.05, 0) is 65.9 Å². The van der Waals surface area contributed by atoms with Crippen LogP contribution in [0.3, 0.4) is 0 Å². The maximum atomic E-state index is 5.00. The van der Waals surface area contributed by atoms with Gasteiger partial charge in [-0.2, -0.15) is 10.0 Å². The van der Waals surface area contributed by atoms with Gasteiger partial charge in [0, 0.05) is 28.3 Å². The summed E-state index contributed by atoms with van der Waals surface area (Å²) < 4.78 is 1.93. The Hall–Kier alpha value is -4.61. The Labute approximate surface area is 238 Å². The predicted molar refractivity (Wildman–Crippen MR) is 171 cm³/mol. The summed E-state index contributed by atoms with van der Waals surface area (Å²) in [6.45, 7) is 5.18. The number of hydrogen-bond acceptors (Lipinski definition) is 3. The quantitative estimate of drug-likeness (QED) is 0.228. The van der Waals surface area contributed by atoms with Gasteiger partial charge in [0.1, 0.15) is 0 Å². The smallest absolute Gasteiger partial charge is 0.182 e. The Bertz CT molecular complexity index is 1640. The monoisotopic (exact) mass is 540 g/mol. The number of hydrogen-bond donors (Lipinski definition) is 0. The highest BCUT2D eigenvalue weighted by Gasteiger charge is 2.24. The molecule has 0 atom stereocenters. The van der Waals surface area contributed by atoms with Crippen molar-refractivity contribution in [1.29, 1.82) is 0 Å². The zero-order valence-corrected chi connectivity index (χ0v) is 23.6. The van der Waals surface area contributed by atoms with Gasteiger partial charge in [-0.25, -0.2) is 9.67 Å². The van der Waals surface area contributed by atoms with Crippen LogP contribution in [0.5, 0.6) is 0 Å². The highest BCUT2D eigenvalue weighted by atomic mass is 32.3. The minimum atomic E-state index is -1.25. The van der Waals surface area contributed by atoms with E-state index in [9.17, 15) is 0 Å². The Kier molecular flexibility index (Phi) is 6.97. The van der Waals surface area contributed by atoms with Crippen molar-refractivity contribution in [1.82, 2.24) is 14.8 Å². The van der Waals surface area contributed by atoms with E-state index in [4.69, 9.17) is 10.1 Å². The minimum absolute atomic E-state index is 0.697. The first-order valence-corrected chi connectivity index (χ1v) is 15.8. The average Bonchev–Trinajstić information content (AvgIpc) is 3.45. The van der Waals surface area contributed by atoms with E-state index < -0.39 is 10.0 Å². The van der Waals surface area contributed by atoms with Gasteiger partial charge in [-0.3, -0.25) is 0 Å². The average molecular weight is 541 g/mol. The Balaban J connectivity index is 1.41. The van der Waals surface area contributed by atoms with Crippen molar-refractivity contribution in [3.05, 3.63) is 145 Å². The maximum Gasteiger partial charge on any atom is 0.182 e. The maximum absolute atomic E-state index is 5.00. The second-order valence-corrected chi connectivity index (χ2v) is 13.7. The summed E-state index contributed by atoms with van der Waals surface area (Å²) in [6.07, 6.45) is 13.2. The van der Waals surface area contributed by atoms with Gasteiger partial charge >= 0.3 is 0 Å². The van der Waals surface area contributed by atoms with Crippen LogP contribution in [-0.4, -0.2) is 33.8 Å². The van der Waals surface area contributed by atoms with E-state index in [2.05, 4.69) is 121 Å². The van der Waals surface area contributed by atoms with Crippen LogP contribution >= 0.6 is 10.0 Å². The summed E-state index contributed by atoms with van der Waals surface area (Å²) >= 11 is 0. The van der Waals surface area contributed by atoms with Crippen LogP contribution in [0.4, 0.5) is 11.4 Å². The molecule has 4 nitrogen and oxygen atoms in total. The van der Waals surface area contributed by atoms with Gasteiger partial charge in [0.15, 0.2) is 11.6 Å². The van der Waals surface area contributed by atoms with Gasteiger partial charge < -0.3 is 4.90 Å². The van der Waals surface area contributed by atoms with E-state index in [1.165, 1.54) is 10.6 Å². The normalized spacial score (nSPS) is 17.1. The highest BCUT2D eigenvalue weighted by Crippen LogP contribution is 2.59.